The van der Waals surface area contributed by atoms with E-state index in [1.807, 2.05) is 0 Å². The Labute approximate surface area is 102 Å². The highest BCUT2D eigenvalue weighted by atomic mass is 16.5. The van der Waals surface area contributed by atoms with Gasteiger partial charge in [0.2, 0.25) is 5.91 Å². The van der Waals surface area contributed by atoms with Crippen LogP contribution in [-0.2, 0) is 14.3 Å². The largest absolute Gasteiger partial charge is 0.467 e. The molecule has 0 aliphatic carbocycles. The predicted octanol–water partition coefficient (Wildman–Crippen LogP) is 0.669. The number of rotatable bonds is 6. The standard InChI is InChI=1S/C12H22N2O3/c1-17-12(16)10-6-5-9-14(10)11(15)7-3-2-4-8-13/h10H,2-9,13H2,1H3/t10-/m0/s1. The highest BCUT2D eigenvalue weighted by Crippen LogP contribution is 2.20. The molecular weight excluding hydrogens is 220 g/mol. The summed E-state index contributed by atoms with van der Waals surface area (Å²) in [5.74, 6) is -0.229. The van der Waals surface area contributed by atoms with E-state index in [1.165, 1.54) is 7.11 Å². The van der Waals surface area contributed by atoms with E-state index < -0.39 is 0 Å². The van der Waals surface area contributed by atoms with E-state index in [4.69, 9.17) is 10.5 Å². The zero-order valence-corrected chi connectivity index (χ0v) is 10.5. The third-order valence-electron chi connectivity index (χ3n) is 3.14. The second-order valence-corrected chi connectivity index (χ2v) is 4.37. The first-order valence-electron chi connectivity index (χ1n) is 6.28. The van der Waals surface area contributed by atoms with Crippen molar-refractivity contribution in [2.75, 3.05) is 20.2 Å². The number of carbonyl (C=O) groups is 2. The van der Waals surface area contributed by atoms with Crippen molar-refractivity contribution >= 4 is 11.9 Å². The number of esters is 1. The maximum Gasteiger partial charge on any atom is 0.328 e. The Bertz CT molecular complexity index is 268. The Hall–Kier alpha value is -1.10. The van der Waals surface area contributed by atoms with Crippen LogP contribution >= 0.6 is 0 Å². The summed E-state index contributed by atoms with van der Waals surface area (Å²) in [5.41, 5.74) is 5.39. The first-order valence-corrected chi connectivity index (χ1v) is 6.28. The molecule has 1 amide bonds. The summed E-state index contributed by atoms with van der Waals surface area (Å²) in [6.07, 6.45) is 4.89. The summed E-state index contributed by atoms with van der Waals surface area (Å²) in [5, 5.41) is 0. The number of unbranched alkanes of at least 4 members (excludes halogenated alkanes) is 2. The van der Waals surface area contributed by atoms with Crippen LogP contribution in [0.3, 0.4) is 0 Å². The van der Waals surface area contributed by atoms with Gasteiger partial charge in [-0.05, 0) is 32.2 Å². The Morgan fingerprint density at radius 2 is 2.12 bits per heavy atom. The lowest BCUT2D eigenvalue weighted by molar-refractivity contribution is -0.151. The molecule has 1 aliphatic heterocycles. The van der Waals surface area contributed by atoms with Crippen molar-refractivity contribution in [1.82, 2.24) is 4.90 Å². The minimum atomic E-state index is -0.359. The molecule has 1 aliphatic rings. The maximum atomic E-state index is 11.9. The monoisotopic (exact) mass is 242 g/mol. The van der Waals surface area contributed by atoms with Crippen LogP contribution in [0.5, 0.6) is 0 Å². The van der Waals surface area contributed by atoms with Gasteiger partial charge in [-0.1, -0.05) is 6.42 Å². The van der Waals surface area contributed by atoms with Crippen LogP contribution in [0.2, 0.25) is 0 Å². The van der Waals surface area contributed by atoms with E-state index in [2.05, 4.69) is 0 Å². The molecule has 0 aromatic carbocycles. The van der Waals surface area contributed by atoms with Gasteiger partial charge in [-0.25, -0.2) is 4.79 Å². The molecule has 1 heterocycles. The zero-order valence-electron chi connectivity index (χ0n) is 10.5. The van der Waals surface area contributed by atoms with Crippen molar-refractivity contribution in [3.05, 3.63) is 0 Å². The highest BCUT2D eigenvalue weighted by Gasteiger charge is 2.34. The summed E-state index contributed by atoms with van der Waals surface area (Å²) in [7, 11) is 1.37. The Balaban J connectivity index is 2.37. The minimum absolute atomic E-state index is 0.0647. The number of carbonyl (C=O) groups excluding carboxylic acids is 2. The second-order valence-electron chi connectivity index (χ2n) is 4.37. The molecule has 0 saturated carbocycles. The van der Waals surface area contributed by atoms with Gasteiger partial charge in [-0.15, -0.1) is 0 Å². The molecule has 5 nitrogen and oxygen atoms in total. The quantitative estimate of drug-likeness (QED) is 0.549. The van der Waals surface area contributed by atoms with E-state index in [0.717, 1.165) is 32.1 Å². The summed E-state index contributed by atoms with van der Waals surface area (Å²) in [6, 6.07) is -0.359. The van der Waals surface area contributed by atoms with Crippen molar-refractivity contribution in [2.24, 2.45) is 5.73 Å². The molecular formula is C12H22N2O3. The van der Waals surface area contributed by atoms with Crippen LogP contribution in [0, 0.1) is 0 Å². The molecule has 0 bridgehead atoms. The molecule has 0 aromatic rings. The first-order chi connectivity index (χ1) is 8.20. The van der Waals surface area contributed by atoms with Gasteiger partial charge in [-0.2, -0.15) is 0 Å². The van der Waals surface area contributed by atoms with Gasteiger partial charge in [0.1, 0.15) is 6.04 Å². The maximum absolute atomic E-state index is 11.9. The van der Waals surface area contributed by atoms with Crippen LogP contribution < -0.4 is 5.73 Å². The lowest BCUT2D eigenvalue weighted by Crippen LogP contribution is -2.40. The summed E-state index contributed by atoms with van der Waals surface area (Å²) in [6.45, 7) is 1.35. The number of hydrogen-bond acceptors (Lipinski definition) is 4. The van der Waals surface area contributed by atoms with E-state index >= 15 is 0 Å². The fraction of sp³-hybridized carbons (Fsp3) is 0.833. The molecule has 0 spiro atoms. The number of amides is 1. The Kier molecular flexibility index (Phi) is 5.97. The number of hydrogen-bond donors (Lipinski definition) is 1. The summed E-state index contributed by atoms with van der Waals surface area (Å²) < 4.78 is 4.71. The van der Waals surface area contributed by atoms with Crippen LogP contribution in [0.25, 0.3) is 0 Å². The number of nitrogens with zero attached hydrogens (tertiary/aromatic N) is 1. The van der Waals surface area contributed by atoms with E-state index in [1.54, 1.807) is 4.90 Å². The molecule has 1 saturated heterocycles. The van der Waals surface area contributed by atoms with E-state index in [0.29, 0.717) is 19.5 Å². The van der Waals surface area contributed by atoms with Crippen molar-refractivity contribution in [3.8, 4) is 0 Å². The number of ether oxygens (including phenoxy) is 1. The molecule has 0 radical (unpaired) electrons. The third-order valence-corrected chi connectivity index (χ3v) is 3.14. The average molecular weight is 242 g/mol. The fourth-order valence-corrected chi connectivity index (χ4v) is 2.19. The lowest BCUT2D eigenvalue weighted by atomic mass is 10.1. The number of methoxy groups -OCH3 is 1. The SMILES string of the molecule is COC(=O)[C@@H]1CCCN1C(=O)CCCCCN. The second kappa shape index (κ2) is 7.27. The lowest BCUT2D eigenvalue weighted by Gasteiger charge is -2.22. The third kappa shape index (κ3) is 4.00. The molecule has 0 unspecified atom stereocenters. The Morgan fingerprint density at radius 1 is 1.35 bits per heavy atom. The fourth-order valence-electron chi connectivity index (χ4n) is 2.19. The number of nitrogens with two attached hydrogens (primary N) is 1. The van der Waals surface area contributed by atoms with Crippen LogP contribution in [0.15, 0.2) is 0 Å². The summed E-state index contributed by atoms with van der Waals surface area (Å²) >= 11 is 0. The van der Waals surface area contributed by atoms with Gasteiger partial charge in [0.15, 0.2) is 0 Å². The van der Waals surface area contributed by atoms with Gasteiger partial charge >= 0.3 is 5.97 Å². The van der Waals surface area contributed by atoms with Crippen LogP contribution in [-0.4, -0.2) is 43.0 Å². The predicted molar refractivity (Wildman–Crippen MR) is 64.3 cm³/mol. The molecule has 0 aromatic heterocycles. The first kappa shape index (κ1) is 14.0. The Morgan fingerprint density at radius 3 is 2.76 bits per heavy atom. The molecule has 5 heteroatoms. The number of likely N-dealkylation sites (tertiary alicyclic amines) is 1. The smallest absolute Gasteiger partial charge is 0.328 e. The molecule has 1 atom stereocenters. The van der Waals surface area contributed by atoms with Crippen molar-refractivity contribution < 1.29 is 14.3 Å². The highest BCUT2D eigenvalue weighted by molar-refractivity contribution is 5.85. The van der Waals surface area contributed by atoms with E-state index in [9.17, 15) is 9.59 Å². The van der Waals surface area contributed by atoms with Crippen LogP contribution in [0.1, 0.15) is 38.5 Å². The molecule has 1 fully saturated rings. The zero-order chi connectivity index (χ0) is 12.7. The molecule has 2 N–H and O–H groups in total. The molecule has 98 valence electrons. The molecule has 1 rings (SSSR count). The van der Waals surface area contributed by atoms with E-state index in [-0.39, 0.29) is 17.9 Å². The van der Waals surface area contributed by atoms with Gasteiger partial charge < -0.3 is 15.4 Å². The summed E-state index contributed by atoms with van der Waals surface area (Å²) in [4.78, 5) is 25.1. The van der Waals surface area contributed by atoms with Crippen LogP contribution in [0.4, 0.5) is 0 Å². The van der Waals surface area contributed by atoms with Crippen molar-refractivity contribution in [3.63, 3.8) is 0 Å². The van der Waals surface area contributed by atoms with Crippen molar-refractivity contribution in [2.45, 2.75) is 44.6 Å². The topological polar surface area (TPSA) is 72.6 Å². The van der Waals surface area contributed by atoms with Gasteiger partial charge in [0, 0.05) is 13.0 Å². The van der Waals surface area contributed by atoms with Crippen molar-refractivity contribution in [1.29, 1.82) is 0 Å². The van der Waals surface area contributed by atoms with Gasteiger partial charge in [0.25, 0.3) is 0 Å². The van der Waals surface area contributed by atoms with Gasteiger partial charge in [0.05, 0.1) is 7.11 Å². The minimum Gasteiger partial charge on any atom is -0.467 e. The average Bonchev–Trinajstić information content (AvgIpc) is 2.82. The normalized spacial score (nSPS) is 19.4. The van der Waals surface area contributed by atoms with Gasteiger partial charge in [-0.3, -0.25) is 4.79 Å². The molecule has 17 heavy (non-hydrogen) atoms.